The smallest absolute Gasteiger partial charge is 0.251 e. The average molecular weight is 250 g/mol. The maximum atomic E-state index is 11.7. The first kappa shape index (κ1) is 12.9. The van der Waals surface area contributed by atoms with Crippen molar-refractivity contribution >= 4 is 5.91 Å². The third kappa shape index (κ3) is 2.80. The zero-order valence-corrected chi connectivity index (χ0v) is 10.4. The molecule has 1 aliphatic rings. The summed E-state index contributed by atoms with van der Waals surface area (Å²) in [5, 5.41) is 15.3. The Balaban J connectivity index is 2.09. The molecule has 0 radical (unpaired) electrons. The van der Waals surface area contributed by atoms with Gasteiger partial charge in [-0.1, -0.05) is 6.07 Å². The predicted molar refractivity (Wildman–Crippen MR) is 67.9 cm³/mol. The molecule has 0 aromatic heterocycles. The molecule has 0 fully saturated rings. The van der Waals surface area contributed by atoms with Gasteiger partial charge in [-0.3, -0.25) is 4.79 Å². The summed E-state index contributed by atoms with van der Waals surface area (Å²) in [4.78, 5) is 11.7. The Morgan fingerprint density at radius 1 is 1.56 bits per heavy atom. The molecule has 1 atom stereocenters. The second-order valence-electron chi connectivity index (χ2n) is 4.31. The lowest BCUT2D eigenvalue weighted by molar-refractivity contribution is 0.0941. The zero-order chi connectivity index (χ0) is 13.0. The first-order valence-corrected chi connectivity index (χ1v) is 6.08. The Bertz CT molecular complexity index is 434. The van der Waals surface area contributed by atoms with E-state index in [1.54, 1.807) is 19.2 Å². The summed E-state index contributed by atoms with van der Waals surface area (Å²) < 4.78 is 5.60. The number of carbonyl (C=O) groups excluding carboxylic acids is 1. The molecule has 1 unspecified atom stereocenters. The van der Waals surface area contributed by atoms with Gasteiger partial charge >= 0.3 is 0 Å². The van der Waals surface area contributed by atoms with E-state index in [9.17, 15) is 9.90 Å². The molecule has 18 heavy (non-hydrogen) atoms. The fraction of sp³-hybridized carbons (Fsp3) is 0.462. The third-order valence-corrected chi connectivity index (χ3v) is 2.91. The number of amides is 1. The van der Waals surface area contributed by atoms with Gasteiger partial charge in [-0.05, 0) is 25.6 Å². The molecule has 0 aliphatic carbocycles. The summed E-state index contributed by atoms with van der Waals surface area (Å²) >= 11 is 0. The Hall–Kier alpha value is -1.59. The van der Waals surface area contributed by atoms with Crippen LogP contribution in [-0.2, 0) is 6.42 Å². The minimum atomic E-state index is -0.553. The molecule has 1 aromatic rings. The number of hydrogen-bond acceptors (Lipinski definition) is 4. The first-order valence-electron chi connectivity index (χ1n) is 6.08. The van der Waals surface area contributed by atoms with Gasteiger partial charge in [-0.15, -0.1) is 0 Å². The van der Waals surface area contributed by atoms with Gasteiger partial charge in [0.25, 0.3) is 5.91 Å². The van der Waals surface area contributed by atoms with Gasteiger partial charge in [0.2, 0.25) is 0 Å². The van der Waals surface area contributed by atoms with Crippen LogP contribution in [0, 0.1) is 0 Å². The minimum Gasteiger partial charge on any atom is -0.491 e. The fourth-order valence-corrected chi connectivity index (χ4v) is 2.05. The molecule has 1 heterocycles. The molecule has 5 nitrogen and oxygen atoms in total. The standard InChI is InChI=1S/C13H18N2O3/c1-14-7-9(16)8-18-12-4-2-3-11-10(12)5-6-15-13(11)17/h2-4,9,14,16H,5-8H2,1H3,(H,15,17). The lowest BCUT2D eigenvalue weighted by Crippen LogP contribution is -2.33. The summed E-state index contributed by atoms with van der Waals surface area (Å²) in [7, 11) is 1.78. The van der Waals surface area contributed by atoms with Gasteiger partial charge in [0, 0.05) is 24.2 Å². The molecule has 5 heteroatoms. The van der Waals surface area contributed by atoms with E-state index < -0.39 is 6.10 Å². The number of fused-ring (bicyclic) bond motifs is 1. The Kier molecular flexibility index (Phi) is 4.17. The van der Waals surface area contributed by atoms with Crippen LogP contribution < -0.4 is 15.4 Å². The number of aliphatic hydroxyl groups is 1. The van der Waals surface area contributed by atoms with E-state index >= 15 is 0 Å². The van der Waals surface area contributed by atoms with E-state index in [2.05, 4.69) is 10.6 Å². The number of hydrogen-bond donors (Lipinski definition) is 3. The number of rotatable bonds is 5. The second kappa shape index (κ2) is 5.84. The summed E-state index contributed by atoms with van der Waals surface area (Å²) in [5.74, 6) is 0.634. The van der Waals surface area contributed by atoms with Crippen LogP contribution in [0.1, 0.15) is 15.9 Å². The highest BCUT2D eigenvalue weighted by molar-refractivity contribution is 5.97. The largest absolute Gasteiger partial charge is 0.491 e. The van der Waals surface area contributed by atoms with Crippen LogP contribution in [-0.4, -0.2) is 43.9 Å². The maximum absolute atomic E-state index is 11.7. The van der Waals surface area contributed by atoms with E-state index in [1.807, 2.05) is 6.07 Å². The summed E-state index contributed by atoms with van der Waals surface area (Å²) in [5.41, 5.74) is 1.60. The van der Waals surface area contributed by atoms with Gasteiger partial charge in [0.1, 0.15) is 18.5 Å². The number of carbonyl (C=O) groups is 1. The van der Waals surface area contributed by atoms with E-state index in [4.69, 9.17) is 4.74 Å². The van der Waals surface area contributed by atoms with E-state index in [1.165, 1.54) is 0 Å². The fourth-order valence-electron chi connectivity index (χ4n) is 2.05. The van der Waals surface area contributed by atoms with Crippen LogP contribution in [0.4, 0.5) is 0 Å². The Morgan fingerprint density at radius 3 is 3.17 bits per heavy atom. The van der Waals surface area contributed by atoms with Gasteiger partial charge < -0.3 is 20.5 Å². The van der Waals surface area contributed by atoms with Gasteiger partial charge in [-0.2, -0.15) is 0 Å². The Morgan fingerprint density at radius 2 is 2.39 bits per heavy atom. The number of ether oxygens (including phenoxy) is 1. The lowest BCUT2D eigenvalue weighted by Gasteiger charge is -2.20. The molecule has 0 bridgehead atoms. The highest BCUT2D eigenvalue weighted by Crippen LogP contribution is 2.25. The van der Waals surface area contributed by atoms with E-state index in [0.717, 1.165) is 12.0 Å². The van der Waals surface area contributed by atoms with Crippen molar-refractivity contribution in [1.29, 1.82) is 0 Å². The van der Waals surface area contributed by atoms with Crippen molar-refractivity contribution in [3.05, 3.63) is 29.3 Å². The second-order valence-corrected chi connectivity index (χ2v) is 4.31. The summed E-state index contributed by atoms with van der Waals surface area (Å²) in [6.07, 6.45) is 0.211. The molecule has 98 valence electrons. The minimum absolute atomic E-state index is 0.0579. The molecule has 3 N–H and O–H groups in total. The van der Waals surface area contributed by atoms with Crippen molar-refractivity contribution in [2.24, 2.45) is 0 Å². The monoisotopic (exact) mass is 250 g/mol. The molecular weight excluding hydrogens is 232 g/mol. The van der Waals surface area contributed by atoms with Crippen molar-refractivity contribution in [2.45, 2.75) is 12.5 Å². The normalized spacial score (nSPS) is 15.8. The van der Waals surface area contributed by atoms with Crippen molar-refractivity contribution < 1.29 is 14.6 Å². The number of benzene rings is 1. The van der Waals surface area contributed by atoms with Crippen LogP contribution >= 0.6 is 0 Å². The van der Waals surface area contributed by atoms with Crippen LogP contribution in [0.25, 0.3) is 0 Å². The molecule has 0 spiro atoms. The molecule has 1 aromatic carbocycles. The predicted octanol–water partition coefficient (Wildman–Crippen LogP) is -0.0684. The Labute approximate surface area is 106 Å². The van der Waals surface area contributed by atoms with Crippen molar-refractivity contribution in [2.75, 3.05) is 26.7 Å². The molecular formula is C13H18N2O3. The van der Waals surface area contributed by atoms with Crippen molar-refractivity contribution in [3.8, 4) is 5.75 Å². The molecule has 1 amide bonds. The van der Waals surface area contributed by atoms with E-state index in [0.29, 0.717) is 24.4 Å². The highest BCUT2D eigenvalue weighted by Gasteiger charge is 2.20. The number of nitrogens with one attached hydrogen (secondary N) is 2. The lowest BCUT2D eigenvalue weighted by atomic mass is 9.99. The summed E-state index contributed by atoms with van der Waals surface area (Å²) in [6.45, 7) is 1.33. The maximum Gasteiger partial charge on any atom is 0.251 e. The molecule has 1 aliphatic heterocycles. The zero-order valence-electron chi connectivity index (χ0n) is 10.4. The van der Waals surface area contributed by atoms with Crippen LogP contribution in [0.15, 0.2) is 18.2 Å². The summed E-state index contributed by atoms with van der Waals surface area (Å²) in [6, 6.07) is 5.42. The van der Waals surface area contributed by atoms with Crippen molar-refractivity contribution in [1.82, 2.24) is 10.6 Å². The van der Waals surface area contributed by atoms with Crippen LogP contribution in [0.2, 0.25) is 0 Å². The SMILES string of the molecule is CNCC(O)COc1cccc2c1CCNC2=O. The van der Waals surface area contributed by atoms with Crippen molar-refractivity contribution in [3.63, 3.8) is 0 Å². The van der Waals surface area contributed by atoms with Gasteiger partial charge in [0.05, 0.1) is 0 Å². The topological polar surface area (TPSA) is 70.6 Å². The van der Waals surface area contributed by atoms with Gasteiger partial charge in [-0.25, -0.2) is 0 Å². The number of aliphatic hydroxyl groups excluding tert-OH is 1. The van der Waals surface area contributed by atoms with Crippen LogP contribution in [0.3, 0.4) is 0 Å². The van der Waals surface area contributed by atoms with E-state index in [-0.39, 0.29) is 12.5 Å². The first-order chi connectivity index (χ1) is 8.72. The molecule has 0 saturated carbocycles. The molecule has 0 saturated heterocycles. The quantitative estimate of drug-likeness (QED) is 0.684. The number of likely N-dealkylation sites (N-methyl/N-ethyl adjacent to an activating group) is 1. The average Bonchev–Trinajstić information content (AvgIpc) is 2.37. The van der Waals surface area contributed by atoms with Gasteiger partial charge in [0.15, 0.2) is 0 Å². The third-order valence-electron chi connectivity index (χ3n) is 2.91. The van der Waals surface area contributed by atoms with Crippen LogP contribution in [0.5, 0.6) is 5.75 Å². The molecule has 2 rings (SSSR count). The highest BCUT2D eigenvalue weighted by atomic mass is 16.5.